The summed E-state index contributed by atoms with van der Waals surface area (Å²) < 4.78 is 0. The smallest absolute Gasteiger partial charge is 0.0664 e. The molecule has 94 valence electrons. The van der Waals surface area contributed by atoms with Crippen molar-refractivity contribution in [2.75, 3.05) is 31.1 Å². The maximum atomic E-state index is 9.60. The van der Waals surface area contributed by atoms with Crippen LogP contribution in [0.2, 0.25) is 0 Å². The van der Waals surface area contributed by atoms with Gasteiger partial charge >= 0.3 is 0 Å². The zero-order chi connectivity index (χ0) is 12.3. The van der Waals surface area contributed by atoms with Crippen molar-refractivity contribution < 1.29 is 5.11 Å². The number of anilines is 1. The van der Waals surface area contributed by atoms with Crippen LogP contribution in [0.3, 0.4) is 0 Å². The van der Waals surface area contributed by atoms with E-state index in [4.69, 9.17) is 0 Å². The summed E-state index contributed by atoms with van der Waals surface area (Å²) in [7, 11) is 0. The normalized spacial score (nSPS) is 21.2. The molecule has 0 spiro atoms. The average molecular weight is 234 g/mol. The van der Waals surface area contributed by atoms with Gasteiger partial charge in [0.2, 0.25) is 0 Å². The summed E-state index contributed by atoms with van der Waals surface area (Å²) in [6.45, 7) is 8.11. The zero-order valence-electron chi connectivity index (χ0n) is 10.7. The van der Waals surface area contributed by atoms with Crippen molar-refractivity contribution in [2.45, 2.75) is 26.0 Å². The number of aliphatic hydroxyl groups is 1. The van der Waals surface area contributed by atoms with E-state index in [1.807, 2.05) is 6.92 Å². The van der Waals surface area contributed by atoms with Crippen LogP contribution in [-0.2, 0) is 0 Å². The van der Waals surface area contributed by atoms with Crippen LogP contribution in [-0.4, -0.2) is 48.3 Å². The molecule has 0 aromatic heterocycles. The summed E-state index contributed by atoms with van der Waals surface area (Å²) in [6.07, 6.45) is -0.252. The summed E-state index contributed by atoms with van der Waals surface area (Å²) >= 11 is 0. The van der Waals surface area contributed by atoms with E-state index in [1.165, 1.54) is 5.69 Å². The second-order valence-corrected chi connectivity index (χ2v) is 4.84. The minimum absolute atomic E-state index is 0.252. The lowest BCUT2D eigenvalue weighted by Gasteiger charge is -2.40. The van der Waals surface area contributed by atoms with Crippen molar-refractivity contribution in [3.05, 3.63) is 30.3 Å². The lowest BCUT2D eigenvalue weighted by Crippen LogP contribution is -2.52. The molecule has 3 nitrogen and oxygen atoms in total. The van der Waals surface area contributed by atoms with Crippen LogP contribution in [0.25, 0.3) is 0 Å². The van der Waals surface area contributed by atoms with Crippen molar-refractivity contribution >= 4 is 5.69 Å². The fourth-order valence-corrected chi connectivity index (χ4v) is 2.33. The highest BCUT2D eigenvalue weighted by Gasteiger charge is 2.23. The summed E-state index contributed by atoms with van der Waals surface area (Å²) in [5, 5.41) is 9.60. The number of piperazine rings is 1. The van der Waals surface area contributed by atoms with Gasteiger partial charge in [-0.1, -0.05) is 18.2 Å². The van der Waals surface area contributed by atoms with E-state index < -0.39 is 0 Å². The Kier molecular flexibility index (Phi) is 4.02. The third-order valence-corrected chi connectivity index (χ3v) is 3.71. The van der Waals surface area contributed by atoms with Crippen LogP contribution in [0.4, 0.5) is 5.69 Å². The van der Waals surface area contributed by atoms with Crippen molar-refractivity contribution in [3.8, 4) is 0 Å². The first-order chi connectivity index (χ1) is 8.18. The lowest BCUT2D eigenvalue weighted by molar-refractivity contribution is 0.0672. The minimum Gasteiger partial charge on any atom is -0.392 e. The molecule has 0 amide bonds. The molecule has 1 saturated heterocycles. The molecule has 0 radical (unpaired) electrons. The van der Waals surface area contributed by atoms with Crippen LogP contribution >= 0.6 is 0 Å². The summed E-state index contributed by atoms with van der Waals surface area (Å²) in [5.74, 6) is 0. The van der Waals surface area contributed by atoms with Gasteiger partial charge < -0.3 is 10.0 Å². The molecule has 1 aromatic carbocycles. The molecule has 1 aromatic rings. The average Bonchev–Trinajstić information content (AvgIpc) is 2.39. The molecule has 0 bridgehead atoms. The van der Waals surface area contributed by atoms with Crippen molar-refractivity contribution in [2.24, 2.45) is 0 Å². The monoisotopic (exact) mass is 234 g/mol. The van der Waals surface area contributed by atoms with Crippen molar-refractivity contribution in [1.29, 1.82) is 0 Å². The molecule has 2 rings (SSSR count). The minimum atomic E-state index is -0.252. The Balaban J connectivity index is 1.90. The molecule has 2 unspecified atom stereocenters. The highest BCUT2D eigenvalue weighted by atomic mass is 16.3. The number of nitrogens with zero attached hydrogens (tertiary/aromatic N) is 2. The Morgan fingerprint density at radius 3 is 2.12 bits per heavy atom. The molecular formula is C14H22N2O. The summed E-state index contributed by atoms with van der Waals surface area (Å²) in [4.78, 5) is 4.77. The predicted octanol–water partition coefficient (Wildman–Crippen LogP) is 1.58. The predicted molar refractivity (Wildman–Crippen MR) is 71.4 cm³/mol. The highest BCUT2D eigenvalue weighted by molar-refractivity contribution is 5.46. The van der Waals surface area contributed by atoms with E-state index in [2.05, 4.69) is 47.1 Å². The SMILES string of the molecule is CC(O)C(C)N1CCN(c2ccccc2)CC1. The number of para-hydroxylation sites is 1. The van der Waals surface area contributed by atoms with Crippen LogP contribution in [0.15, 0.2) is 30.3 Å². The molecule has 1 aliphatic heterocycles. The molecule has 17 heavy (non-hydrogen) atoms. The van der Waals surface area contributed by atoms with E-state index in [-0.39, 0.29) is 12.1 Å². The van der Waals surface area contributed by atoms with Crippen LogP contribution in [0, 0.1) is 0 Å². The molecule has 1 N–H and O–H groups in total. The van der Waals surface area contributed by atoms with Crippen molar-refractivity contribution in [3.63, 3.8) is 0 Å². The molecule has 1 aliphatic rings. The number of benzene rings is 1. The maximum absolute atomic E-state index is 9.60. The highest BCUT2D eigenvalue weighted by Crippen LogP contribution is 2.17. The molecule has 1 heterocycles. The number of aliphatic hydroxyl groups excluding tert-OH is 1. The standard InChI is InChI=1S/C14H22N2O/c1-12(13(2)17)15-8-10-16(11-9-15)14-6-4-3-5-7-14/h3-7,12-13,17H,8-11H2,1-2H3. The van der Waals surface area contributed by atoms with Gasteiger partial charge in [-0.25, -0.2) is 0 Å². The zero-order valence-corrected chi connectivity index (χ0v) is 10.7. The van der Waals surface area contributed by atoms with E-state index in [9.17, 15) is 5.11 Å². The van der Waals surface area contributed by atoms with Gasteiger partial charge in [0.05, 0.1) is 6.10 Å². The molecule has 0 saturated carbocycles. The fourth-order valence-electron chi connectivity index (χ4n) is 2.33. The van der Waals surface area contributed by atoms with Gasteiger partial charge in [0.15, 0.2) is 0 Å². The Labute approximate surface area is 104 Å². The van der Waals surface area contributed by atoms with E-state index in [1.54, 1.807) is 0 Å². The Hall–Kier alpha value is -1.06. The van der Waals surface area contributed by atoms with Crippen LogP contribution in [0.5, 0.6) is 0 Å². The fraction of sp³-hybridized carbons (Fsp3) is 0.571. The third-order valence-electron chi connectivity index (χ3n) is 3.71. The topological polar surface area (TPSA) is 26.7 Å². The number of rotatable bonds is 3. The Morgan fingerprint density at radius 1 is 1.00 bits per heavy atom. The maximum Gasteiger partial charge on any atom is 0.0664 e. The van der Waals surface area contributed by atoms with Gasteiger partial charge in [-0.05, 0) is 26.0 Å². The summed E-state index contributed by atoms with van der Waals surface area (Å²) in [6, 6.07) is 10.8. The molecule has 1 fully saturated rings. The molecule has 0 aliphatic carbocycles. The summed E-state index contributed by atoms with van der Waals surface area (Å²) in [5.41, 5.74) is 1.30. The van der Waals surface area contributed by atoms with Crippen LogP contribution < -0.4 is 4.90 Å². The first-order valence-corrected chi connectivity index (χ1v) is 6.40. The van der Waals surface area contributed by atoms with Crippen molar-refractivity contribution in [1.82, 2.24) is 4.90 Å². The Bertz CT molecular complexity index is 331. The first-order valence-electron chi connectivity index (χ1n) is 6.40. The van der Waals surface area contributed by atoms with Gasteiger partial charge in [-0.15, -0.1) is 0 Å². The lowest BCUT2D eigenvalue weighted by atomic mass is 10.1. The van der Waals surface area contributed by atoms with E-state index >= 15 is 0 Å². The quantitative estimate of drug-likeness (QED) is 0.860. The number of hydrogen-bond donors (Lipinski definition) is 1. The molecule has 3 heteroatoms. The van der Waals surface area contributed by atoms with Gasteiger partial charge in [0.1, 0.15) is 0 Å². The van der Waals surface area contributed by atoms with Gasteiger partial charge in [0, 0.05) is 37.9 Å². The Morgan fingerprint density at radius 2 is 1.59 bits per heavy atom. The van der Waals surface area contributed by atoms with Gasteiger partial charge in [-0.2, -0.15) is 0 Å². The molecule has 2 atom stereocenters. The second-order valence-electron chi connectivity index (χ2n) is 4.84. The van der Waals surface area contributed by atoms with E-state index in [0.29, 0.717) is 0 Å². The van der Waals surface area contributed by atoms with Crippen LogP contribution in [0.1, 0.15) is 13.8 Å². The first kappa shape index (κ1) is 12.4. The van der Waals surface area contributed by atoms with Gasteiger partial charge in [-0.3, -0.25) is 4.90 Å². The van der Waals surface area contributed by atoms with Gasteiger partial charge in [0.25, 0.3) is 0 Å². The number of hydrogen-bond acceptors (Lipinski definition) is 3. The molecular weight excluding hydrogens is 212 g/mol. The third kappa shape index (κ3) is 2.99. The largest absolute Gasteiger partial charge is 0.392 e. The van der Waals surface area contributed by atoms with E-state index in [0.717, 1.165) is 26.2 Å². The second kappa shape index (κ2) is 5.52.